The molecule has 84 valence electrons. The van der Waals surface area contributed by atoms with Crippen molar-refractivity contribution in [1.82, 2.24) is 14.8 Å². The smallest absolute Gasteiger partial charge is 0.275 e. The zero-order chi connectivity index (χ0) is 12.3. The first kappa shape index (κ1) is 10.8. The van der Waals surface area contributed by atoms with E-state index >= 15 is 0 Å². The van der Waals surface area contributed by atoms with Gasteiger partial charge < -0.3 is 5.32 Å². The van der Waals surface area contributed by atoms with E-state index in [1.807, 2.05) is 6.07 Å². The van der Waals surface area contributed by atoms with Crippen LogP contribution in [0.3, 0.4) is 0 Å². The predicted molar refractivity (Wildman–Crippen MR) is 60.1 cm³/mol. The van der Waals surface area contributed by atoms with Crippen LogP contribution < -0.4 is 5.32 Å². The van der Waals surface area contributed by atoms with Crippen molar-refractivity contribution in [3.05, 3.63) is 41.9 Å². The lowest BCUT2D eigenvalue weighted by Gasteiger charge is -2.03. The van der Waals surface area contributed by atoms with Crippen LogP contribution in [0.1, 0.15) is 16.1 Å². The highest BCUT2D eigenvalue weighted by Gasteiger charge is 2.10. The summed E-state index contributed by atoms with van der Waals surface area (Å²) in [5.74, 6) is 0.109. The Morgan fingerprint density at radius 3 is 2.82 bits per heavy atom. The molecule has 2 heterocycles. The molecule has 0 atom stereocenters. The van der Waals surface area contributed by atoms with Gasteiger partial charge in [-0.05, 0) is 18.2 Å². The third-order valence-corrected chi connectivity index (χ3v) is 2.19. The van der Waals surface area contributed by atoms with Gasteiger partial charge in [0.2, 0.25) is 0 Å². The minimum absolute atomic E-state index is 0.290. The standard InChI is InChI=1S/C11H9N5O/c1-16-9(4-5-14-16)11(17)15-10-3-2-8(6-12)7-13-10/h2-5,7H,1H3,(H,13,15,17). The number of amides is 1. The van der Waals surface area contributed by atoms with Crippen LogP contribution in [0.15, 0.2) is 30.6 Å². The summed E-state index contributed by atoms with van der Waals surface area (Å²) in [4.78, 5) is 15.7. The predicted octanol–water partition coefficient (Wildman–Crippen LogP) is 0.939. The van der Waals surface area contributed by atoms with E-state index in [1.54, 1.807) is 31.4 Å². The van der Waals surface area contributed by atoms with Gasteiger partial charge in [-0.1, -0.05) is 0 Å². The molecule has 0 aliphatic heterocycles. The number of aryl methyl sites for hydroxylation is 1. The van der Waals surface area contributed by atoms with Crippen molar-refractivity contribution in [1.29, 1.82) is 5.26 Å². The van der Waals surface area contributed by atoms with Crippen LogP contribution in [-0.2, 0) is 7.05 Å². The molecule has 2 rings (SSSR count). The first-order valence-electron chi connectivity index (χ1n) is 4.86. The number of nitrogens with one attached hydrogen (secondary N) is 1. The molecule has 6 heteroatoms. The third-order valence-electron chi connectivity index (χ3n) is 2.19. The highest BCUT2D eigenvalue weighted by Crippen LogP contribution is 2.06. The summed E-state index contributed by atoms with van der Waals surface area (Å²) in [7, 11) is 1.68. The SMILES string of the molecule is Cn1nccc1C(=O)Nc1ccc(C#N)cn1. The molecule has 0 radical (unpaired) electrons. The van der Waals surface area contributed by atoms with Gasteiger partial charge in [-0.2, -0.15) is 10.4 Å². The molecule has 6 nitrogen and oxygen atoms in total. The summed E-state index contributed by atoms with van der Waals surface area (Å²) in [6.45, 7) is 0. The summed E-state index contributed by atoms with van der Waals surface area (Å²) in [5.41, 5.74) is 0.889. The lowest BCUT2D eigenvalue weighted by molar-refractivity contribution is 0.101. The second-order valence-corrected chi connectivity index (χ2v) is 3.34. The zero-order valence-electron chi connectivity index (χ0n) is 9.08. The molecular weight excluding hydrogens is 218 g/mol. The fourth-order valence-electron chi connectivity index (χ4n) is 1.31. The molecule has 2 aromatic rings. The molecule has 0 aliphatic rings. The van der Waals surface area contributed by atoms with Gasteiger partial charge in [0, 0.05) is 19.4 Å². The first-order valence-corrected chi connectivity index (χ1v) is 4.86. The second-order valence-electron chi connectivity index (χ2n) is 3.34. The molecule has 0 unspecified atom stereocenters. The van der Waals surface area contributed by atoms with Crippen LogP contribution in [0.4, 0.5) is 5.82 Å². The van der Waals surface area contributed by atoms with Crippen LogP contribution in [0.5, 0.6) is 0 Å². The molecule has 0 saturated carbocycles. The molecule has 0 spiro atoms. The van der Waals surface area contributed by atoms with Gasteiger partial charge >= 0.3 is 0 Å². The molecular formula is C11H9N5O. The molecule has 0 bridgehead atoms. The second kappa shape index (κ2) is 4.45. The molecule has 17 heavy (non-hydrogen) atoms. The van der Waals surface area contributed by atoms with Crippen LogP contribution in [0.25, 0.3) is 0 Å². The number of aromatic nitrogens is 3. The Labute approximate surface area is 97.5 Å². The number of nitrogens with zero attached hydrogens (tertiary/aromatic N) is 4. The van der Waals surface area contributed by atoms with Gasteiger partial charge in [0.25, 0.3) is 5.91 Å². The topological polar surface area (TPSA) is 83.6 Å². The fourth-order valence-corrected chi connectivity index (χ4v) is 1.31. The first-order chi connectivity index (χ1) is 8.20. The number of nitriles is 1. The van der Waals surface area contributed by atoms with Crippen LogP contribution in [-0.4, -0.2) is 20.7 Å². The highest BCUT2D eigenvalue weighted by atomic mass is 16.2. The number of anilines is 1. The summed E-state index contributed by atoms with van der Waals surface area (Å²) >= 11 is 0. The van der Waals surface area contributed by atoms with E-state index in [1.165, 1.54) is 10.9 Å². The lowest BCUT2D eigenvalue weighted by atomic mass is 10.3. The average Bonchev–Trinajstić information content (AvgIpc) is 2.76. The van der Waals surface area contributed by atoms with E-state index in [-0.39, 0.29) is 5.91 Å². The van der Waals surface area contributed by atoms with E-state index in [4.69, 9.17) is 5.26 Å². The lowest BCUT2D eigenvalue weighted by Crippen LogP contribution is -2.16. The Hall–Kier alpha value is -2.68. The van der Waals surface area contributed by atoms with Gasteiger partial charge in [-0.3, -0.25) is 9.48 Å². The number of carbonyl (C=O) groups is 1. The molecule has 2 aromatic heterocycles. The van der Waals surface area contributed by atoms with E-state index in [0.29, 0.717) is 17.1 Å². The third kappa shape index (κ3) is 2.29. The molecule has 1 N–H and O–H groups in total. The van der Waals surface area contributed by atoms with Crippen LogP contribution in [0, 0.1) is 11.3 Å². The number of hydrogen-bond acceptors (Lipinski definition) is 4. The number of carbonyl (C=O) groups excluding carboxylic acids is 1. The summed E-state index contributed by atoms with van der Waals surface area (Å²) < 4.78 is 1.47. The monoisotopic (exact) mass is 227 g/mol. The van der Waals surface area contributed by atoms with Gasteiger partial charge in [0.05, 0.1) is 5.56 Å². The summed E-state index contributed by atoms with van der Waals surface area (Å²) in [6.07, 6.45) is 2.94. The van der Waals surface area contributed by atoms with Crippen molar-refractivity contribution in [3.63, 3.8) is 0 Å². The maximum absolute atomic E-state index is 11.8. The number of rotatable bonds is 2. The van der Waals surface area contributed by atoms with Crippen LogP contribution >= 0.6 is 0 Å². The van der Waals surface area contributed by atoms with Crippen molar-refractivity contribution >= 4 is 11.7 Å². The maximum atomic E-state index is 11.8. The van der Waals surface area contributed by atoms with Gasteiger partial charge in [-0.25, -0.2) is 4.98 Å². The summed E-state index contributed by atoms with van der Waals surface area (Å²) in [6, 6.07) is 6.73. The molecule has 1 amide bonds. The Morgan fingerprint density at radius 1 is 1.47 bits per heavy atom. The Bertz CT molecular complexity index is 579. The fraction of sp³-hybridized carbons (Fsp3) is 0.0909. The molecule has 0 aliphatic carbocycles. The Kier molecular flexibility index (Phi) is 2.83. The van der Waals surface area contributed by atoms with E-state index < -0.39 is 0 Å². The van der Waals surface area contributed by atoms with Crippen molar-refractivity contribution in [3.8, 4) is 6.07 Å². The largest absolute Gasteiger partial charge is 0.305 e. The Morgan fingerprint density at radius 2 is 2.29 bits per heavy atom. The quantitative estimate of drug-likeness (QED) is 0.827. The van der Waals surface area contributed by atoms with Gasteiger partial charge in [0.15, 0.2) is 0 Å². The van der Waals surface area contributed by atoms with Crippen molar-refractivity contribution in [2.75, 3.05) is 5.32 Å². The van der Waals surface area contributed by atoms with Crippen molar-refractivity contribution in [2.45, 2.75) is 0 Å². The van der Waals surface area contributed by atoms with E-state index in [2.05, 4.69) is 15.4 Å². The highest BCUT2D eigenvalue weighted by molar-refractivity contribution is 6.02. The van der Waals surface area contributed by atoms with E-state index in [0.717, 1.165) is 0 Å². The summed E-state index contributed by atoms with van der Waals surface area (Å²) in [5, 5.41) is 15.1. The normalized spacial score (nSPS) is 9.65. The zero-order valence-corrected chi connectivity index (χ0v) is 9.08. The maximum Gasteiger partial charge on any atom is 0.275 e. The van der Waals surface area contributed by atoms with Gasteiger partial charge in [0.1, 0.15) is 17.6 Å². The minimum atomic E-state index is -0.290. The van der Waals surface area contributed by atoms with Gasteiger partial charge in [-0.15, -0.1) is 0 Å². The average molecular weight is 227 g/mol. The Balaban J connectivity index is 2.14. The molecule has 0 fully saturated rings. The van der Waals surface area contributed by atoms with E-state index in [9.17, 15) is 4.79 Å². The number of hydrogen-bond donors (Lipinski definition) is 1. The number of pyridine rings is 1. The minimum Gasteiger partial charge on any atom is -0.305 e. The van der Waals surface area contributed by atoms with Crippen molar-refractivity contribution < 1.29 is 4.79 Å². The van der Waals surface area contributed by atoms with Crippen LogP contribution in [0.2, 0.25) is 0 Å². The molecule has 0 aromatic carbocycles. The molecule has 0 saturated heterocycles. The van der Waals surface area contributed by atoms with Crippen molar-refractivity contribution in [2.24, 2.45) is 7.05 Å².